The molecule has 2 aromatic rings. The minimum atomic E-state index is -0.166. The number of carbonyl (C=O) groups excluding carboxylic acids is 2. The van der Waals surface area contributed by atoms with Crippen LogP contribution in [0.3, 0.4) is 0 Å². The summed E-state index contributed by atoms with van der Waals surface area (Å²) in [5.41, 5.74) is 6.01. The maximum Gasteiger partial charge on any atom is 0.197 e. The molecule has 1 aliphatic heterocycles. The fraction of sp³-hybridized carbons (Fsp3) is 0.385. The predicted octanol–water partition coefficient (Wildman–Crippen LogP) is 5.96. The molecule has 2 aliphatic rings. The van der Waals surface area contributed by atoms with Crippen molar-refractivity contribution in [3.8, 4) is 0 Å². The number of hydrogen-bond donors (Lipinski definition) is 0. The van der Waals surface area contributed by atoms with E-state index < -0.39 is 0 Å². The number of hydrogen-bond acceptors (Lipinski definition) is 3. The van der Waals surface area contributed by atoms with Gasteiger partial charge in [0, 0.05) is 28.4 Å². The molecule has 29 heavy (non-hydrogen) atoms. The summed E-state index contributed by atoms with van der Waals surface area (Å²) in [6.07, 6.45) is 2.87. The Morgan fingerprint density at radius 2 is 1.66 bits per heavy atom. The van der Waals surface area contributed by atoms with Crippen LogP contribution >= 0.6 is 0 Å². The molecule has 1 heterocycles. The van der Waals surface area contributed by atoms with Crippen LogP contribution in [-0.4, -0.2) is 23.1 Å². The van der Waals surface area contributed by atoms with Gasteiger partial charge in [-0.3, -0.25) is 9.59 Å². The van der Waals surface area contributed by atoms with Crippen molar-refractivity contribution in [2.75, 3.05) is 4.90 Å². The van der Waals surface area contributed by atoms with Gasteiger partial charge < -0.3 is 4.90 Å². The lowest BCUT2D eigenvalue weighted by molar-refractivity contribution is 0.0990. The third-order valence-corrected chi connectivity index (χ3v) is 6.39. The number of rotatable bonds is 2. The molecule has 0 unspecified atom stereocenters. The van der Waals surface area contributed by atoms with Gasteiger partial charge in [-0.15, -0.1) is 0 Å². The Bertz CT molecular complexity index is 1020. The van der Waals surface area contributed by atoms with Crippen LogP contribution in [0, 0.1) is 6.92 Å². The standard InChI is InChI=1S/C26H29NO2/c1-15(2)27-23-11-16(3)18(12-21(23)17(4)14-26(27,5)6)13-22-24(28)19-9-7-8-10-20(19)25(22)29/h7-13,15,17H,14H2,1-6H3/t17-/m1/s1. The highest BCUT2D eigenvalue weighted by atomic mass is 16.2. The lowest BCUT2D eigenvalue weighted by Gasteiger charge is -2.50. The zero-order chi connectivity index (χ0) is 21.1. The number of carbonyl (C=O) groups is 2. The van der Waals surface area contributed by atoms with Crippen LogP contribution in [0.15, 0.2) is 42.0 Å². The molecule has 1 atom stereocenters. The summed E-state index contributed by atoms with van der Waals surface area (Å²) in [5.74, 6) is 0.0846. The largest absolute Gasteiger partial charge is 0.364 e. The molecule has 3 nitrogen and oxygen atoms in total. The van der Waals surface area contributed by atoms with Gasteiger partial charge in [0.25, 0.3) is 0 Å². The number of ketones is 2. The number of allylic oxidation sites excluding steroid dienone is 1. The van der Waals surface area contributed by atoms with E-state index in [-0.39, 0.29) is 22.7 Å². The lowest BCUT2D eigenvalue weighted by Crippen LogP contribution is -2.51. The van der Waals surface area contributed by atoms with E-state index in [1.165, 1.54) is 11.3 Å². The number of nitrogens with zero attached hydrogens (tertiary/aromatic N) is 1. The van der Waals surface area contributed by atoms with Crippen LogP contribution < -0.4 is 4.90 Å². The monoisotopic (exact) mass is 387 g/mol. The van der Waals surface area contributed by atoms with E-state index in [1.807, 2.05) is 0 Å². The quantitative estimate of drug-likeness (QED) is 0.471. The molecule has 0 radical (unpaired) electrons. The van der Waals surface area contributed by atoms with Gasteiger partial charge in [0.1, 0.15) is 0 Å². The number of aryl methyl sites for hydroxylation is 1. The van der Waals surface area contributed by atoms with Gasteiger partial charge in [0.15, 0.2) is 11.6 Å². The predicted molar refractivity (Wildman–Crippen MR) is 119 cm³/mol. The van der Waals surface area contributed by atoms with E-state index in [2.05, 4.69) is 58.6 Å². The summed E-state index contributed by atoms with van der Waals surface area (Å²) in [4.78, 5) is 28.1. The summed E-state index contributed by atoms with van der Waals surface area (Å²) in [5, 5.41) is 0. The van der Waals surface area contributed by atoms with Crippen LogP contribution in [-0.2, 0) is 0 Å². The maximum atomic E-state index is 12.8. The van der Waals surface area contributed by atoms with E-state index in [4.69, 9.17) is 0 Å². The van der Waals surface area contributed by atoms with Gasteiger partial charge in [-0.2, -0.15) is 0 Å². The molecule has 0 amide bonds. The van der Waals surface area contributed by atoms with E-state index >= 15 is 0 Å². The molecule has 1 aliphatic carbocycles. The Morgan fingerprint density at radius 1 is 1.07 bits per heavy atom. The van der Waals surface area contributed by atoms with Crippen molar-refractivity contribution in [1.82, 2.24) is 0 Å². The maximum absolute atomic E-state index is 12.8. The van der Waals surface area contributed by atoms with Crippen molar-refractivity contribution in [3.05, 3.63) is 69.8 Å². The van der Waals surface area contributed by atoms with Crippen LogP contribution in [0.1, 0.15) is 84.4 Å². The summed E-state index contributed by atoms with van der Waals surface area (Å²) >= 11 is 0. The van der Waals surface area contributed by atoms with E-state index in [1.54, 1.807) is 30.3 Å². The number of fused-ring (bicyclic) bond motifs is 2. The molecule has 0 N–H and O–H groups in total. The Morgan fingerprint density at radius 3 is 2.21 bits per heavy atom. The highest BCUT2D eigenvalue weighted by Gasteiger charge is 2.38. The van der Waals surface area contributed by atoms with Gasteiger partial charge in [-0.1, -0.05) is 31.2 Å². The van der Waals surface area contributed by atoms with Crippen LogP contribution in [0.5, 0.6) is 0 Å². The SMILES string of the molecule is Cc1cc2c(cc1C=C1C(=O)c3ccccc3C1=O)[C@H](C)CC(C)(C)N2C(C)C. The van der Waals surface area contributed by atoms with E-state index in [0.29, 0.717) is 23.1 Å². The van der Waals surface area contributed by atoms with Crippen molar-refractivity contribution < 1.29 is 9.59 Å². The Balaban J connectivity index is 1.83. The minimum absolute atomic E-state index is 0.0893. The van der Waals surface area contributed by atoms with Crippen molar-refractivity contribution in [2.45, 2.75) is 65.5 Å². The first-order chi connectivity index (χ1) is 13.6. The van der Waals surface area contributed by atoms with Crippen LogP contribution in [0.4, 0.5) is 5.69 Å². The molecule has 0 aromatic heterocycles. The summed E-state index contributed by atoms with van der Waals surface area (Å²) in [7, 11) is 0. The zero-order valence-corrected chi connectivity index (χ0v) is 18.2. The van der Waals surface area contributed by atoms with Gasteiger partial charge in [0.2, 0.25) is 0 Å². The number of benzene rings is 2. The van der Waals surface area contributed by atoms with Crippen molar-refractivity contribution in [3.63, 3.8) is 0 Å². The molecule has 2 aromatic carbocycles. The first kappa shape index (κ1) is 19.6. The molecule has 3 heteroatoms. The second-order valence-corrected chi connectivity index (χ2v) is 9.41. The summed E-state index contributed by atoms with van der Waals surface area (Å²) in [6, 6.07) is 11.9. The van der Waals surface area contributed by atoms with Gasteiger partial charge in [-0.05, 0) is 81.9 Å². The van der Waals surface area contributed by atoms with Crippen molar-refractivity contribution >= 4 is 23.3 Å². The average molecular weight is 388 g/mol. The fourth-order valence-electron chi connectivity index (χ4n) is 5.31. The number of Topliss-reactive ketones (excluding diaryl/α,β-unsaturated/α-hetero) is 2. The van der Waals surface area contributed by atoms with Crippen molar-refractivity contribution in [2.24, 2.45) is 0 Å². The Labute approximate surface area is 173 Å². The van der Waals surface area contributed by atoms with Crippen molar-refractivity contribution in [1.29, 1.82) is 0 Å². The fourth-order valence-corrected chi connectivity index (χ4v) is 5.31. The van der Waals surface area contributed by atoms with E-state index in [9.17, 15) is 9.59 Å². The zero-order valence-electron chi connectivity index (χ0n) is 18.2. The molecular weight excluding hydrogens is 358 g/mol. The Kier molecular flexibility index (Phi) is 4.53. The topological polar surface area (TPSA) is 37.4 Å². The molecule has 0 spiro atoms. The van der Waals surface area contributed by atoms with E-state index in [0.717, 1.165) is 17.5 Å². The first-order valence-corrected chi connectivity index (χ1v) is 10.5. The number of anilines is 1. The molecule has 0 saturated heterocycles. The first-order valence-electron chi connectivity index (χ1n) is 10.5. The minimum Gasteiger partial charge on any atom is -0.364 e. The highest BCUT2D eigenvalue weighted by Crippen LogP contribution is 2.45. The molecule has 4 rings (SSSR count). The summed E-state index contributed by atoms with van der Waals surface area (Å²) in [6.45, 7) is 13.4. The third-order valence-electron chi connectivity index (χ3n) is 6.39. The summed E-state index contributed by atoms with van der Waals surface area (Å²) < 4.78 is 0. The molecule has 150 valence electrons. The highest BCUT2D eigenvalue weighted by molar-refractivity contribution is 6.41. The molecule has 0 bridgehead atoms. The van der Waals surface area contributed by atoms with Crippen LogP contribution in [0.2, 0.25) is 0 Å². The lowest BCUT2D eigenvalue weighted by atomic mass is 9.78. The van der Waals surface area contributed by atoms with Crippen LogP contribution in [0.25, 0.3) is 6.08 Å². The smallest absolute Gasteiger partial charge is 0.197 e. The second-order valence-electron chi connectivity index (χ2n) is 9.41. The third kappa shape index (κ3) is 3.04. The normalized spacial score (nSPS) is 20.2. The van der Waals surface area contributed by atoms with Gasteiger partial charge in [-0.25, -0.2) is 0 Å². The Hall–Kier alpha value is -2.68. The molecule has 0 fully saturated rings. The van der Waals surface area contributed by atoms with Gasteiger partial charge >= 0.3 is 0 Å². The second kappa shape index (κ2) is 6.69. The molecular formula is C26H29NO2. The average Bonchev–Trinajstić information content (AvgIpc) is 2.87. The molecule has 0 saturated carbocycles. The van der Waals surface area contributed by atoms with Gasteiger partial charge in [0.05, 0.1) is 5.57 Å².